The summed E-state index contributed by atoms with van der Waals surface area (Å²) in [6, 6.07) is 0. The molecule has 0 radical (unpaired) electrons. The number of aromatic nitrogens is 1. The number of primary sulfonamides is 1. The first kappa shape index (κ1) is 14.2. The molecule has 1 fully saturated rings. The van der Waals surface area contributed by atoms with Crippen LogP contribution in [0.3, 0.4) is 0 Å². The minimum absolute atomic E-state index is 0.00685. The second kappa shape index (κ2) is 5.06. The molecule has 1 aliphatic heterocycles. The Morgan fingerprint density at radius 2 is 2.26 bits per heavy atom. The van der Waals surface area contributed by atoms with Gasteiger partial charge in [0.2, 0.25) is 10.0 Å². The molecule has 0 aliphatic carbocycles. The first-order chi connectivity index (χ1) is 8.77. The molecule has 3 N–H and O–H groups in total. The van der Waals surface area contributed by atoms with Crippen molar-refractivity contribution in [3.8, 4) is 0 Å². The number of thiazole rings is 1. The van der Waals surface area contributed by atoms with Gasteiger partial charge in [-0.3, -0.25) is 4.79 Å². The van der Waals surface area contributed by atoms with Gasteiger partial charge in [-0.05, 0) is 12.3 Å². The number of nitrogens with two attached hydrogens (primary N) is 1. The number of carboxylic acid groups (broad SMARTS) is 1. The average molecular weight is 305 g/mol. The van der Waals surface area contributed by atoms with Gasteiger partial charge in [0.1, 0.15) is 0 Å². The lowest BCUT2D eigenvalue weighted by Crippen LogP contribution is -2.42. The third kappa shape index (κ3) is 3.23. The predicted molar refractivity (Wildman–Crippen MR) is 70.6 cm³/mol. The number of carbonyl (C=O) groups is 1. The Morgan fingerprint density at radius 1 is 1.58 bits per heavy atom. The zero-order valence-corrected chi connectivity index (χ0v) is 11.9. The molecule has 1 aromatic heterocycles. The van der Waals surface area contributed by atoms with Crippen molar-refractivity contribution < 1.29 is 18.3 Å². The van der Waals surface area contributed by atoms with Crippen LogP contribution in [0.4, 0.5) is 5.13 Å². The molecular formula is C10H15N3O4S2. The summed E-state index contributed by atoms with van der Waals surface area (Å²) >= 11 is 0.971. The van der Waals surface area contributed by atoms with E-state index in [9.17, 15) is 13.2 Å². The maximum atomic E-state index is 11.2. The summed E-state index contributed by atoms with van der Waals surface area (Å²) in [4.78, 5) is 16.9. The van der Waals surface area contributed by atoms with Crippen molar-refractivity contribution in [3.63, 3.8) is 0 Å². The standard InChI is InChI=1S/C10H15N3O4S2/c1-6-2-7(9(14)15)5-13(4-6)10-12-3-8(18-10)19(11,16)17/h3,6-7H,2,4-5H2,1H3,(H,14,15)(H2,11,16,17). The molecule has 7 nitrogen and oxygen atoms in total. The van der Waals surface area contributed by atoms with Crippen LogP contribution in [0.25, 0.3) is 0 Å². The van der Waals surface area contributed by atoms with E-state index in [1.165, 1.54) is 6.20 Å². The molecule has 1 saturated heterocycles. The number of rotatable bonds is 3. The van der Waals surface area contributed by atoms with Crippen LogP contribution >= 0.6 is 11.3 Å². The third-order valence-electron chi connectivity index (χ3n) is 3.03. The highest BCUT2D eigenvalue weighted by atomic mass is 32.2. The first-order valence-electron chi connectivity index (χ1n) is 5.73. The minimum Gasteiger partial charge on any atom is -0.481 e. The summed E-state index contributed by atoms with van der Waals surface area (Å²) < 4.78 is 22.4. The molecule has 106 valence electrons. The molecule has 0 spiro atoms. The van der Waals surface area contributed by atoms with Crippen LogP contribution in [-0.4, -0.2) is 37.6 Å². The van der Waals surface area contributed by atoms with E-state index >= 15 is 0 Å². The van der Waals surface area contributed by atoms with Crippen LogP contribution in [0.5, 0.6) is 0 Å². The second-order valence-corrected chi connectivity index (χ2v) is 7.59. The van der Waals surface area contributed by atoms with Crippen molar-refractivity contribution in [1.29, 1.82) is 0 Å². The van der Waals surface area contributed by atoms with E-state index in [-0.39, 0.29) is 10.1 Å². The summed E-state index contributed by atoms with van der Waals surface area (Å²) in [7, 11) is -3.75. The fourth-order valence-electron chi connectivity index (χ4n) is 2.21. The SMILES string of the molecule is CC1CC(C(=O)O)CN(c2ncc(S(N)(=O)=O)s2)C1. The lowest BCUT2D eigenvalue weighted by atomic mass is 9.91. The van der Waals surface area contributed by atoms with Crippen molar-refractivity contribution in [2.45, 2.75) is 17.6 Å². The highest BCUT2D eigenvalue weighted by Crippen LogP contribution is 2.31. The van der Waals surface area contributed by atoms with Gasteiger partial charge >= 0.3 is 5.97 Å². The second-order valence-electron chi connectivity index (χ2n) is 4.79. The third-order valence-corrected chi connectivity index (χ3v) is 5.50. The lowest BCUT2D eigenvalue weighted by molar-refractivity contribution is -0.142. The normalized spacial score (nSPS) is 24.4. The molecule has 9 heteroatoms. The van der Waals surface area contributed by atoms with E-state index < -0.39 is 21.9 Å². The van der Waals surface area contributed by atoms with Gasteiger partial charge in [0.05, 0.1) is 12.1 Å². The molecule has 2 atom stereocenters. The van der Waals surface area contributed by atoms with Crippen LogP contribution in [-0.2, 0) is 14.8 Å². The number of hydrogen-bond acceptors (Lipinski definition) is 6. The molecule has 1 aromatic rings. The fraction of sp³-hybridized carbons (Fsp3) is 0.600. The number of anilines is 1. The Bertz CT molecular complexity index is 583. The zero-order valence-electron chi connectivity index (χ0n) is 10.3. The number of aliphatic carboxylic acids is 1. The van der Waals surface area contributed by atoms with Gasteiger partial charge in [-0.1, -0.05) is 18.3 Å². The minimum atomic E-state index is -3.75. The Labute approximate surface area is 115 Å². The van der Waals surface area contributed by atoms with Gasteiger partial charge in [0, 0.05) is 13.1 Å². The highest BCUT2D eigenvalue weighted by Gasteiger charge is 2.31. The monoisotopic (exact) mass is 305 g/mol. The maximum absolute atomic E-state index is 11.2. The van der Waals surface area contributed by atoms with Gasteiger partial charge in [0.25, 0.3) is 0 Å². The number of hydrogen-bond donors (Lipinski definition) is 2. The van der Waals surface area contributed by atoms with Gasteiger partial charge in [-0.25, -0.2) is 18.5 Å². The molecule has 2 rings (SSSR count). The summed E-state index contributed by atoms with van der Waals surface area (Å²) in [5.41, 5.74) is 0. The average Bonchev–Trinajstić information content (AvgIpc) is 2.76. The van der Waals surface area contributed by atoms with E-state index in [0.29, 0.717) is 24.6 Å². The van der Waals surface area contributed by atoms with Crippen molar-refractivity contribution in [2.24, 2.45) is 17.0 Å². The summed E-state index contributed by atoms with van der Waals surface area (Å²) in [6.45, 7) is 2.98. The van der Waals surface area contributed by atoms with Crippen molar-refractivity contribution in [3.05, 3.63) is 6.20 Å². The number of nitrogens with zero attached hydrogens (tertiary/aromatic N) is 2. The Kier molecular flexibility index (Phi) is 3.79. The molecule has 0 saturated carbocycles. The first-order valence-corrected chi connectivity index (χ1v) is 8.10. The van der Waals surface area contributed by atoms with Crippen molar-refractivity contribution in [1.82, 2.24) is 4.98 Å². The topological polar surface area (TPSA) is 114 Å². The smallest absolute Gasteiger partial charge is 0.308 e. The molecule has 0 aromatic carbocycles. The molecule has 0 amide bonds. The number of sulfonamides is 1. The summed E-state index contributed by atoms with van der Waals surface area (Å²) in [5, 5.41) is 14.6. The number of piperidine rings is 1. The Hall–Kier alpha value is -1.19. The molecule has 2 unspecified atom stereocenters. The summed E-state index contributed by atoms with van der Waals surface area (Å²) in [5.74, 6) is -1.07. The van der Waals surface area contributed by atoms with Crippen LogP contribution in [0.1, 0.15) is 13.3 Å². The predicted octanol–water partition coefficient (Wildman–Crippen LogP) is 0.338. The Morgan fingerprint density at radius 3 is 2.79 bits per heavy atom. The van der Waals surface area contributed by atoms with E-state index in [4.69, 9.17) is 10.2 Å². The molecule has 0 bridgehead atoms. The van der Waals surface area contributed by atoms with Gasteiger partial charge in [0.15, 0.2) is 9.34 Å². The zero-order chi connectivity index (χ0) is 14.2. The van der Waals surface area contributed by atoms with E-state index in [1.807, 2.05) is 11.8 Å². The number of carboxylic acids is 1. The molecule has 19 heavy (non-hydrogen) atoms. The lowest BCUT2D eigenvalue weighted by Gasteiger charge is -2.34. The quantitative estimate of drug-likeness (QED) is 0.832. The van der Waals surface area contributed by atoms with E-state index in [1.54, 1.807) is 0 Å². The van der Waals surface area contributed by atoms with Crippen molar-refractivity contribution >= 4 is 32.5 Å². The van der Waals surface area contributed by atoms with Gasteiger partial charge in [-0.15, -0.1) is 0 Å². The molecule has 2 heterocycles. The maximum Gasteiger partial charge on any atom is 0.308 e. The van der Waals surface area contributed by atoms with Gasteiger partial charge in [-0.2, -0.15) is 0 Å². The van der Waals surface area contributed by atoms with Crippen LogP contribution in [0, 0.1) is 11.8 Å². The molecule has 1 aliphatic rings. The Balaban J connectivity index is 2.21. The highest BCUT2D eigenvalue weighted by molar-refractivity contribution is 7.91. The van der Waals surface area contributed by atoms with Crippen LogP contribution in [0.15, 0.2) is 10.4 Å². The largest absolute Gasteiger partial charge is 0.481 e. The molecular weight excluding hydrogens is 290 g/mol. The van der Waals surface area contributed by atoms with E-state index in [2.05, 4.69) is 4.98 Å². The van der Waals surface area contributed by atoms with Crippen molar-refractivity contribution in [2.75, 3.05) is 18.0 Å². The summed E-state index contributed by atoms with van der Waals surface area (Å²) in [6.07, 6.45) is 1.84. The van der Waals surface area contributed by atoms with E-state index in [0.717, 1.165) is 11.3 Å². The van der Waals surface area contributed by atoms with Crippen LogP contribution in [0.2, 0.25) is 0 Å². The fourth-order valence-corrected chi connectivity index (χ4v) is 3.77. The van der Waals surface area contributed by atoms with Gasteiger partial charge < -0.3 is 10.0 Å². The van der Waals surface area contributed by atoms with Crippen LogP contribution < -0.4 is 10.0 Å².